The molecule has 5 N–H and O–H groups in total. The van der Waals surface area contributed by atoms with Crippen LogP contribution in [-0.4, -0.2) is 32.7 Å². The van der Waals surface area contributed by atoms with Crippen LogP contribution in [0.25, 0.3) is 5.01 Å². The van der Waals surface area contributed by atoms with Gasteiger partial charge in [0.2, 0.25) is 5.72 Å². The van der Waals surface area contributed by atoms with Crippen molar-refractivity contribution in [3.05, 3.63) is 349 Å². The molecule has 0 aromatic heterocycles. The summed E-state index contributed by atoms with van der Waals surface area (Å²) in [5.74, 6) is 11.3. The van der Waals surface area contributed by atoms with Crippen molar-refractivity contribution in [2.75, 3.05) is 0 Å². The molecule has 0 bridgehead atoms. The van der Waals surface area contributed by atoms with Gasteiger partial charge in [-0.1, -0.05) is 112 Å². The van der Waals surface area contributed by atoms with Gasteiger partial charge in [-0.05, 0) is 145 Å². The molecule has 0 spiro atoms. The zero-order chi connectivity index (χ0) is 57.3. The second-order valence-corrected chi connectivity index (χ2v) is 13.3. The average molecular weight is 1020 g/mol. The lowest BCUT2D eigenvalue weighted by Gasteiger charge is -2.25. The minimum atomic E-state index is -0.564. The van der Waals surface area contributed by atoms with Crippen LogP contribution in [0.5, 0.6) is 0 Å². The van der Waals surface area contributed by atoms with Gasteiger partial charge in [0.05, 0.1) is 0 Å². The average Bonchev–Trinajstić information content (AvgIpc) is 3.75. The first kappa shape index (κ1) is 64.8. The molecule has 3 aromatic carbocycles. The van der Waals surface area contributed by atoms with Crippen LogP contribution in [0, 0.1) is 11.3 Å². The monoisotopic (exact) mass is 1020 g/mol. The Labute approximate surface area is 456 Å². The van der Waals surface area contributed by atoms with Gasteiger partial charge in [0.1, 0.15) is 5.56 Å². The van der Waals surface area contributed by atoms with Crippen LogP contribution < -0.4 is 11.7 Å². The number of amidine groups is 1. The highest BCUT2D eigenvalue weighted by atomic mass is 35.5. The second-order valence-electron chi connectivity index (χ2n) is 12.9. The molecule has 1 aliphatic heterocycles. The summed E-state index contributed by atoms with van der Waals surface area (Å²) in [7, 11) is 0. The zero-order valence-corrected chi connectivity index (χ0v) is 42.9. The maximum Gasteiger partial charge on any atom is 0.336 e. The number of oxime groups is 2. The minimum Gasteiger partial charge on any atom is -0.498 e. The standard InChI is InChI=1S/C40H4.C10H13N3O.C7H6ClNO.C7H5NO.C3H8N2/c1-3-5-7-9-11-13-15-17-19-21-23-25-27-29-31-33-35-37-39-40-38-36-34-32-30-28-26-24-22-20-18-16-14-12-10-8-6-4-2;1-10(2)13(11)9(12-14-10)8-6-4-3-5-7-8;8-7(9-10)6-4-2-1-3-5-6;9-8-6-7-4-2-1-3-5-7;1-3(2)5-4/h1-2H2;3-7H,11H2,1-2H3;1-5,10H;1-5H;4H2,1-2H3/b;;9-7-;;. The molecule has 364 valence electrons. The van der Waals surface area contributed by atoms with E-state index in [0.717, 1.165) is 11.3 Å². The summed E-state index contributed by atoms with van der Waals surface area (Å²) in [4.78, 5) is 5.21. The third-order valence-corrected chi connectivity index (χ3v) is 7.16. The Morgan fingerprint density at radius 3 is 1.04 bits per heavy atom. The Morgan fingerprint density at radius 2 is 0.808 bits per heavy atom. The molecule has 0 fully saturated rings. The lowest BCUT2D eigenvalue weighted by molar-refractivity contribution is -0.0691. The van der Waals surface area contributed by atoms with E-state index in [1.165, 1.54) is 5.01 Å². The summed E-state index contributed by atoms with van der Waals surface area (Å²) in [5.41, 5.74) is 97.1. The van der Waals surface area contributed by atoms with E-state index in [4.69, 9.17) is 33.3 Å². The van der Waals surface area contributed by atoms with Crippen molar-refractivity contribution in [3.8, 4) is 6.07 Å². The number of hydrogen-bond acceptors (Lipinski definition) is 9. The molecule has 0 unspecified atom stereocenters. The Balaban J connectivity index is 0.00000123. The maximum atomic E-state index is 9.61. The van der Waals surface area contributed by atoms with E-state index in [1.807, 2.05) is 94.4 Å². The molecule has 0 amide bonds. The van der Waals surface area contributed by atoms with E-state index in [1.54, 1.807) is 24.3 Å². The van der Waals surface area contributed by atoms with Crippen LogP contribution in [0.15, 0.2) is 337 Å². The molecular formula is C67H36ClN7O3. The molecule has 0 saturated carbocycles. The van der Waals surface area contributed by atoms with Gasteiger partial charge in [-0.2, -0.15) is 5.10 Å². The van der Waals surface area contributed by atoms with Gasteiger partial charge < -0.3 is 21.1 Å². The summed E-state index contributed by atoms with van der Waals surface area (Å²) >= 11 is 5.49. The Hall–Kier alpha value is -13.2. The SMILES string of the molecule is C=C=C=C=C=C=C=C=C=C=C=C=C=C=C=C=C=C=C=C=C=C=C=C=C=C=C=C=C=C=C=C=C=C=C=C=C=C=C=C.CC(C)=NN.CC1(C)ON=C(c2ccccc2)N1N.O/N=C(\Cl)c1ccccc1.[O-][N+]#Cc1ccccc1. The molecule has 10 nitrogen and oxygen atoms in total. The van der Waals surface area contributed by atoms with E-state index in [9.17, 15) is 5.21 Å². The van der Waals surface area contributed by atoms with Gasteiger partial charge >= 0.3 is 6.07 Å². The van der Waals surface area contributed by atoms with Crippen molar-refractivity contribution in [2.24, 2.45) is 27.1 Å². The van der Waals surface area contributed by atoms with Crippen molar-refractivity contribution in [1.82, 2.24) is 5.01 Å². The van der Waals surface area contributed by atoms with Crippen LogP contribution in [0.3, 0.4) is 0 Å². The lowest BCUT2D eigenvalue weighted by atomic mass is 10.2. The van der Waals surface area contributed by atoms with E-state index in [2.05, 4.69) is 257 Å². The van der Waals surface area contributed by atoms with Crippen molar-refractivity contribution in [2.45, 2.75) is 33.4 Å². The normalized spacial score (nSPS) is 8.21. The van der Waals surface area contributed by atoms with Crippen LogP contribution in [0.4, 0.5) is 0 Å². The van der Waals surface area contributed by atoms with Gasteiger partial charge in [-0.3, -0.25) is 0 Å². The lowest BCUT2D eigenvalue weighted by Crippen LogP contribution is -2.48. The van der Waals surface area contributed by atoms with Gasteiger partial charge in [-0.25, -0.2) is 10.9 Å². The molecule has 0 saturated heterocycles. The molecule has 0 aliphatic carbocycles. The number of rotatable bonds is 2. The summed E-state index contributed by atoms with van der Waals surface area (Å²) in [6.45, 7) is 14.0. The highest BCUT2D eigenvalue weighted by molar-refractivity contribution is 6.69. The molecule has 0 radical (unpaired) electrons. The van der Waals surface area contributed by atoms with Gasteiger partial charge in [-0.15, -0.1) is 0 Å². The number of hydrazine groups is 1. The van der Waals surface area contributed by atoms with E-state index < -0.39 is 5.72 Å². The fourth-order valence-corrected chi connectivity index (χ4v) is 3.75. The molecule has 1 heterocycles. The third-order valence-electron chi connectivity index (χ3n) is 6.87. The van der Waals surface area contributed by atoms with Crippen molar-refractivity contribution in [1.29, 1.82) is 0 Å². The van der Waals surface area contributed by atoms with Crippen LogP contribution >= 0.6 is 11.6 Å². The summed E-state index contributed by atoms with van der Waals surface area (Å²) in [6, 6.07) is 30.1. The number of nitrogens with zero attached hydrogens (tertiary/aromatic N) is 5. The Morgan fingerprint density at radius 1 is 0.538 bits per heavy atom. The fourth-order valence-electron chi connectivity index (χ4n) is 3.63. The molecule has 4 rings (SSSR count). The first-order valence-electron chi connectivity index (χ1n) is 21.3. The van der Waals surface area contributed by atoms with Gasteiger partial charge in [0.15, 0.2) is 11.0 Å². The highest BCUT2D eigenvalue weighted by Crippen LogP contribution is 2.23. The summed E-state index contributed by atoms with van der Waals surface area (Å²) in [6.07, 6.45) is 0. The zero-order valence-electron chi connectivity index (χ0n) is 42.1. The van der Waals surface area contributed by atoms with Crippen molar-refractivity contribution in [3.63, 3.8) is 0 Å². The molecule has 3 aromatic rings. The van der Waals surface area contributed by atoms with Crippen molar-refractivity contribution < 1.29 is 10.0 Å². The van der Waals surface area contributed by atoms with Crippen molar-refractivity contribution >= 4 is 28.3 Å². The quantitative estimate of drug-likeness (QED) is 0.0765. The molecule has 1 aliphatic rings. The number of nitrogens with two attached hydrogens (primary N) is 2. The Kier molecular flexibility index (Phi) is 39.4. The van der Waals surface area contributed by atoms with Crippen LogP contribution in [-0.2, 0) is 4.84 Å². The first-order valence-corrected chi connectivity index (χ1v) is 21.6. The Bertz CT molecular complexity index is 4190. The number of halogens is 1. The molecule has 78 heavy (non-hydrogen) atoms. The molecular weight excluding hydrogens is 986 g/mol. The maximum absolute atomic E-state index is 9.61. The number of hydrazone groups is 1. The molecule has 11 heteroatoms. The van der Waals surface area contributed by atoms with Gasteiger partial charge in [0.25, 0.3) is 0 Å². The summed E-state index contributed by atoms with van der Waals surface area (Å²) in [5, 5.41) is 32.1. The smallest absolute Gasteiger partial charge is 0.336 e. The fraction of sp³-hybridized carbons (Fsp3) is 0.0746. The van der Waals surface area contributed by atoms with Crippen LogP contribution in [0.2, 0.25) is 0 Å². The highest BCUT2D eigenvalue weighted by Gasteiger charge is 2.36. The number of hydrogen-bond donors (Lipinski definition) is 3. The number of benzene rings is 3. The van der Waals surface area contributed by atoms with E-state index >= 15 is 0 Å². The second kappa shape index (κ2) is 47.5. The minimum absolute atomic E-state index is 0.112. The topological polar surface area (TPSA) is 149 Å². The third kappa shape index (κ3) is 38.6. The van der Waals surface area contributed by atoms with E-state index in [-0.39, 0.29) is 5.17 Å². The van der Waals surface area contributed by atoms with E-state index in [0.29, 0.717) is 17.0 Å². The van der Waals surface area contributed by atoms with Crippen LogP contribution in [0.1, 0.15) is 44.4 Å². The predicted molar refractivity (Wildman–Crippen MR) is 299 cm³/mol. The van der Waals surface area contributed by atoms with Gasteiger partial charge in [0, 0.05) is 136 Å². The largest absolute Gasteiger partial charge is 0.498 e. The predicted octanol–water partition coefficient (Wildman–Crippen LogP) is 12.3. The first-order chi connectivity index (χ1) is 38.1. The summed E-state index contributed by atoms with van der Waals surface area (Å²) < 4.78 is 0. The molecule has 0 atom stereocenters.